The molecule has 3 nitrogen and oxygen atoms in total. The van der Waals surface area contributed by atoms with Gasteiger partial charge >= 0.3 is 0 Å². The van der Waals surface area contributed by atoms with Crippen LogP contribution in [0.3, 0.4) is 0 Å². The standard InChI is InChI=1S/C15H12BrClN2OS/c16-12-3-1-2-4-13(12)18-15(21)19-14(20)9-10-5-7-11(17)8-6-10/h1-8H,9H2,(H2,18,19,20,21). The molecule has 0 atom stereocenters. The SMILES string of the molecule is O=C(Cc1ccc(Cl)cc1)NC(=S)Nc1ccccc1Br. The molecular weight excluding hydrogens is 372 g/mol. The Balaban J connectivity index is 1.89. The lowest BCUT2D eigenvalue weighted by atomic mass is 10.1. The van der Waals surface area contributed by atoms with E-state index in [4.69, 9.17) is 23.8 Å². The Bertz CT molecular complexity index is 661. The number of hydrogen-bond donors (Lipinski definition) is 2. The molecule has 0 bridgehead atoms. The first kappa shape index (κ1) is 15.9. The van der Waals surface area contributed by atoms with Gasteiger partial charge in [-0.3, -0.25) is 4.79 Å². The van der Waals surface area contributed by atoms with E-state index < -0.39 is 0 Å². The van der Waals surface area contributed by atoms with Gasteiger partial charge in [-0.2, -0.15) is 0 Å². The maximum Gasteiger partial charge on any atom is 0.230 e. The van der Waals surface area contributed by atoms with Gasteiger partial charge in [0.15, 0.2) is 5.11 Å². The van der Waals surface area contributed by atoms with E-state index in [1.54, 1.807) is 12.1 Å². The number of hydrogen-bond acceptors (Lipinski definition) is 2. The van der Waals surface area contributed by atoms with Gasteiger partial charge < -0.3 is 10.6 Å². The second-order valence-electron chi connectivity index (χ2n) is 4.29. The average Bonchev–Trinajstić information content (AvgIpc) is 2.44. The third-order valence-electron chi connectivity index (χ3n) is 2.65. The fraction of sp³-hybridized carbons (Fsp3) is 0.0667. The highest BCUT2D eigenvalue weighted by molar-refractivity contribution is 9.10. The lowest BCUT2D eigenvalue weighted by Gasteiger charge is -2.10. The summed E-state index contributed by atoms with van der Waals surface area (Å²) in [6.07, 6.45) is 0.245. The van der Waals surface area contributed by atoms with Crippen LogP contribution in [0.25, 0.3) is 0 Å². The molecule has 2 aromatic rings. The van der Waals surface area contributed by atoms with Gasteiger partial charge in [0.05, 0.1) is 12.1 Å². The zero-order chi connectivity index (χ0) is 15.2. The van der Waals surface area contributed by atoms with Crippen molar-refractivity contribution in [1.82, 2.24) is 5.32 Å². The molecule has 2 N–H and O–H groups in total. The van der Waals surface area contributed by atoms with E-state index in [0.29, 0.717) is 5.02 Å². The van der Waals surface area contributed by atoms with E-state index in [1.165, 1.54) is 0 Å². The second-order valence-corrected chi connectivity index (χ2v) is 5.98. The van der Waals surface area contributed by atoms with E-state index in [9.17, 15) is 4.79 Å². The molecule has 1 amide bonds. The number of benzene rings is 2. The van der Waals surface area contributed by atoms with Crippen molar-refractivity contribution in [1.29, 1.82) is 0 Å². The van der Waals surface area contributed by atoms with Gasteiger partial charge in [-0.1, -0.05) is 35.9 Å². The van der Waals surface area contributed by atoms with Gasteiger partial charge in [0.1, 0.15) is 0 Å². The number of amides is 1. The highest BCUT2D eigenvalue weighted by atomic mass is 79.9. The molecule has 0 aromatic heterocycles. The summed E-state index contributed by atoms with van der Waals surface area (Å²) in [5.41, 5.74) is 1.68. The topological polar surface area (TPSA) is 41.1 Å². The van der Waals surface area contributed by atoms with Crippen molar-refractivity contribution in [2.24, 2.45) is 0 Å². The van der Waals surface area contributed by atoms with Crippen LogP contribution in [0, 0.1) is 0 Å². The first-order chi connectivity index (χ1) is 10.0. The number of carbonyl (C=O) groups is 1. The Hall–Kier alpha value is -1.43. The maximum absolute atomic E-state index is 11.9. The monoisotopic (exact) mass is 382 g/mol. The van der Waals surface area contributed by atoms with Crippen LogP contribution in [0.15, 0.2) is 53.0 Å². The van der Waals surface area contributed by atoms with Crippen LogP contribution < -0.4 is 10.6 Å². The summed E-state index contributed by atoms with van der Waals surface area (Å²) in [6, 6.07) is 14.7. The molecule has 0 spiro atoms. The quantitative estimate of drug-likeness (QED) is 0.782. The third kappa shape index (κ3) is 5.12. The number of rotatable bonds is 3. The molecule has 6 heteroatoms. The van der Waals surface area contributed by atoms with Gasteiger partial charge in [-0.05, 0) is 58.0 Å². The van der Waals surface area contributed by atoms with Crippen molar-refractivity contribution in [3.63, 3.8) is 0 Å². The third-order valence-corrected chi connectivity index (χ3v) is 3.80. The Kier molecular flexibility index (Phi) is 5.73. The van der Waals surface area contributed by atoms with E-state index in [2.05, 4.69) is 26.6 Å². The number of carbonyl (C=O) groups excluding carboxylic acids is 1. The summed E-state index contributed by atoms with van der Waals surface area (Å²) >= 11 is 14.3. The summed E-state index contributed by atoms with van der Waals surface area (Å²) in [5.74, 6) is -0.179. The molecule has 0 heterocycles. The normalized spacial score (nSPS) is 10.0. The van der Waals surface area contributed by atoms with Crippen molar-refractivity contribution in [3.8, 4) is 0 Å². The molecule has 21 heavy (non-hydrogen) atoms. The molecular formula is C15H12BrClN2OS. The largest absolute Gasteiger partial charge is 0.331 e. The highest BCUT2D eigenvalue weighted by Gasteiger charge is 2.07. The summed E-state index contributed by atoms with van der Waals surface area (Å²) in [6.45, 7) is 0. The van der Waals surface area contributed by atoms with Crippen LogP contribution in [0.5, 0.6) is 0 Å². The molecule has 0 aliphatic heterocycles. The molecule has 108 valence electrons. The van der Waals surface area contributed by atoms with Gasteiger partial charge in [-0.25, -0.2) is 0 Å². The minimum absolute atomic E-state index is 0.179. The first-order valence-corrected chi connectivity index (χ1v) is 7.72. The summed E-state index contributed by atoms with van der Waals surface area (Å²) in [4.78, 5) is 11.9. The van der Waals surface area contributed by atoms with E-state index in [1.807, 2.05) is 36.4 Å². The molecule has 0 unspecified atom stereocenters. The Morgan fingerprint density at radius 1 is 1.14 bits per heavy atom. The van der Waals surface area contributed by atoms with Crippen LogP contribution in [0.4, 0.5) is 5.69 Å². The zero-order valence-corrected chi connectivity index (χ0v) is 14.1. The summed E-state index contributed by atoms with van der Waals surface area (Å²) in [7, 11) is 0. The van der Waals surface area contributed by atoms with Gasteiger partial charge in [-0.15, -0.1) is 0 Å². The van der Waals surface area contributed by atoms with Crippen molar-refractivity contribution in [2.45, 2.75) is 6.42 Å². The molecule has 0 fully saturated rings. The number of halogens is 2. The average molecular weight is 384 g/mol. The predicted octanol–water partition coefficient (Wildman–Crippen LogP) is 4.16. The van der Waals surface area contributed by atoms with E-state index in [0.717, 1.165) is 15.7 Å². The number of nitrogens with one attached hydrogen (secondary N) is 2. The van der Waals surface area contributed by atoms with E-state index >= 15 is 0 Å². The van der Waals surface area contributed by atoms with Crippen LogP contribution >= 0.6 is 39.7 Å². The number of thiocarbonyl (C=S) groups is 1. The summed E-state index contributed by atoms with van der Waals surface area (Å²) in [5, 5.41) is 6.52. The van der Waals surface area contributed by atoms with Gasteiger partial charge in [0.2, 0.25) is 5.91 Å². The molecule has 2 rings (SSSR count). The smallest absolute Gasteiger partial charge is 0.230 e. The highest BCUT2D eigenvalue weighted by Crippen LogP contribution is 2.20. The fourth-order valence-electron chi connectivity index (χ4n) is 1.67. The van der Waals surface area contributed by atoms with Gasteiger partial charge in [0.25, 0.3) is 0 Å². The summed E-state index contributed by atoms with van der Waals surface area (Å²) < 4.78 is 0.874. The van der Waals surface area contributed by atoms with Gasteiger partial charge in [0, 0.05) is 9.50 Å². The molecule has 0 saturated heterocycles. The number of para-hydroxylation sites is 1. The minimum atomic E-state index is -0.179. The van der Waals surface area contributed by atoms with Crippen LogP contribution in [-0.4, -0.2) is 11.0 Å². The number of anilines is 1. The fourth-order valence-corrected chi connectivity index (χ4v) is 2.41. The van der Waals surface area contributed by atoms with Crippen molar-refractivity contribution in [2.75, 3.05) is 5.32 Å². The molecule has 0 aliphatic rings. The Morgan fingerprint density at radius 2 is 1.81 bits per heavy atom. The molecule has 2 aromatic carbocycles. The van der Waals surface area contributed by atoms with Crippen molar-refractivity contribution < 1.29 is 4.79 Å². The lowest BCUT2D eigenvalue weighted by molar-refractivity contribution is -0.119. The van der Waals surface area contributed by atoms with Crippen LogP contribution in [0.2, 0.25) is 5.02 Å². The Labute approximate surface area is 141 Å². The maximum atomic E-state index is 11.9. The lowest BCUT2D eigenvalue weighted by Crippen LogP contribution is -2.35. The molecule has 0 aliphatic carbocycles. The first-order valence-electron chi connectivity index (χ1n) is 6.14. The van der Waals surface area contributed by atoms with Crippen molar-refractivity contribution >= 4 is 56.5 Å². The molecule has 0 radical (unpaired) electrons. The second kappa shape index (κ2) is 7.54. The van der Waals surface area contributed by atoms with Crippen LogP contribution in [0.1, 0.15) is 5.56 Å². The predicted molar refractivity (Wildman–Crippen MR) is 93.7 cm³/mol. The van der Waals surface area contributed by atoms with Crippen LogP contribution in [-0.2, 0) is 11.2 Å². The molecule has 0 saturated carbocycles. The zero-order valence-electron chi connectivity index (χ0n) is 10.9. The minimum Gasteiger partial charge on any atom is -0.331 e. The van der Waals surface area contributed by atoms with Crippen molar-refractivity contribution in [3.05, 3.63) is 63.6 Å². The van der Waals surface area contributed by atoms with E-state index in [-0.39, 0.29) is 17.4 Å². The Morgan fingerprint density at radius 3 is 2.48 bits per heavy atom.